The summed E-state index contributed by atoms with van der Waals surface area (Å²) in [7, 11) is 1.98. The van der Waals surface area contributed by atoms with E-state index in [0.29, 0.717) is 32.8 Å². The molecule has 0 spiro atoms. The van der Waals surface area contributed by atoms with Crippen molar-refractivity contribution in [2.45, 2.75) is 26.0 Å². The van der Waals surface area contributed by atoms with Crippen LogP contribution in [0.25, 0.3) is 10.9 Å². The molecular formula is C19H25N3O2. The molecule has 5 heteroatoms. The summed E-state index contributed by atoms with van der Waals surface area (Å²) in [4.78, 5) is 21.0. The SMILES string of the molecule is CN(CC(=O)N1CCOC(C)(C)C1)Cc1cccc2cccnc12. The lowest BCUT2D eigenvalue weighted by atomic mass is 10.1. The highest BCUT2D eigenvalue weighted by Gasteiger charge is 2.30. The highest BCUT2D eigenvalue weighted by Crippen LogP contribution is 2.18. The fraction of sp³-hybridized carbons (Fsp3) is 0.474. The quantitative estimate of drug-likeness (QED) is 0.864. The first-order valence-corrected chi connectivity index (χ1v) is 8.37. The van der Waals surface area contributed by atoms with Crippen LogP contribution < -0.4 is 0 Å². The molecule has 0 bridgehead atoms. The molecule has 5 nitrogen and oxygen atoms in total. The molecule has 0 N–H and O–H groups in total. The molecule has 0 atom stereocenters. The molecule has 0 radical (unpaired) electrons. The van der Waals surface area contributed by atoms with E-state index in [1.54, 1.807) is 0 Å². The third kappa shape index (κ3) is 3.91. The van der Waals surface area contributed by atoms with E-state index in [-0.39, 0.29) is 11.5 Å². The first kappa shape index (κ1) is 16.9. The third-order valence-electron chi connectivity index (χ3n) is 4.34. The van der Waals surface area contributed by atoms with Gasteiger partial charge in [-0.25, -0.2) is 0 Å². The van der Waals surface area contributed by atoms with Crippen molar-refractivity contribution in [3.8, 4) is 0 Å². The van der Waals surface area contributed by atoms with Gasteiger partial charge in [-0.1, -0.05) is 24.3 Å². The lowest BCUT2D eigenvalue weighted by Crippen LogP contribution is -2.52. The Hall–Kier alpha value is -1.98. The molecule has 24 heavy (non-hydrogen) atoms. The van der Waals surface area contributed by atoms with Crippen LogP contribution in [-0.4, -0.2) is 59.6 Å². The fourth-order valence-corrected chi connectivity index (χ4v) is 3.20. The summed E-state index contributed by atoms with van der Waals surface area (Å²) in [5.41, 5.74) is 1.89. The average Bonchev–Trinajstić information content (AvgIpc) is 2.54. The number of pyridine rings is 1. The fourth-order valence-electron chi connectivity index (χ4n) is 3.20. The molecule has 1 amide bonds. The van der Waals surface area contributed by atoms with E-state index in [1.165, 1.54) is 0 Å². The number of morpholine rings is 1. The molecule has 0 aliphatic carbocycles. The zero-order valence-corrected chi connectivity index (χ0v) is 14.7. The highest BCUT2D eigenvalue weighted by atomic mass is 16.5. The van der Waals surface area contributed by atoms with Crippen LogP contribution in [0.2, 0.25) is 0 Å². The summed E-state index contributed by atoms with van der Waals surface area (Å²) in [6, 6.07) is 10.2. The van der Waals surface area contributed by atoms with E-state index in [9.17, 15) is 4.79 Å². The summed E-state index contributed by atoms with van der Waals surface area (Å²) < 4.78 is 5.68. The number of hydrogen-bond donors (Lipinski definition) is 0. The van der Waals surface area contributed by atoms with Crippen molar-refractivity contribution in [3.63, 3.8) is 0 Å². The van der Waals surface area contributed by atoms with Crippen LogP contribution in [-0.2, 0) is 16.1 Å². The van der Waals surface area contributed by atoms with Gasteiger partial charge in [-0.2, -0.15) is 0 Å². The minimum atomic E-state index is -0.258. The largest absolute Gasteiger partial charge is 0.372 e. The summed E-state index contributed by atoms with van der Waals surface area (Å²) in [5, 5.41) is 1.13. The number of benzene rings is 1. The van der Waals surface area contributed by atoms with Crippen LogP contribution in [0.1, 0.15) is 19.4 Å². The Balaban J connectivity index is 1.64. The van der Waals surface area contributed by atoms with Crippen molar-refractivity contribution in [2.75, 3.05) is 33.3 Å². The molecule has 0 unspecified atom stereocenters. The number of para-hydroxylation sites is 1. The third-order valence-corrected chi connectivity index (χ3v) is 4.34. The summed E-state index contributed by atoms with van der Waals surface area (Å²) in [6.45, 7) is 7.08. The van der Waals surface area contributed by atoms with Gasteiger partial charge in [0, 0.05) is 31.2 Å². The molecule has 1 aliphatic rings. The number of aromatic nitrogens is 1. The van der Waals surface area contributed by atoms with Crippen LogP contribution in [0, 0.1) is 0 Å². The Morgan fingerprint density at radius 1 is 1.33 bits per heavy atom. The smallest absolute Gasteiger partial charge is 0.236 e. The average molecular weight is 327 g/mol. The molecule has 1 aromatic heterocycles. The van der Waals surface area contributed by atoms with Crippen LogP contribution in [0.15, 0.2) is 36.5 Å². The maximum atomic E-state index is 12.6. The highest BCUT2D eigenvalue weighted by molar-refractivity contribution is 5.82. The number of likely N-dealkylation sites (N-methyl/N-ethyl adjacent to an activating group) is 1. The second kappa shape index (κ2) is 6.87. The van der Waals surface area contributed by atoms with Crippen molar-refractivity contribution in [3.05, 3.63) is 42.1 Å². The minimum absolute atomic E-state index is 0.155. The second-order valence-electron chi connectivity index (χ2n) is 7.09. The maximum absolute atomic E-state index is 12.6. The van der Waals surface area contributed by atoms with Crippen molar-refractivity contribution in [2.24, 2.45) is 0 Å². The van der Waals surface area contributed by atoms with Gasteiger partial charge in [0.2, 0.25) is 5.91 Å². The molecular weight excluding hydrogens is 302 g/mol. The van der Waals surface area contributed by atoms with Crippen molar-refractivity contribution in [1.82, 2.24) is 14.8 Å². The number of hydrogen-bond acceptors (Lipinski definition) is 4. The Morgan fingerprint density at radius 3 is 2.92 bits per heavy atom. The molecule has 1 aromatic carbocycles. The van der Waals surface area contributed by atoms with Gasteiger partial charge in [-0.05, 0) is 32.5 Å². The van der Waals surface area contributed by atoms with Crippen molar-refractivity contribution >= 4 is 16.8 Å². The van der Waals surface area contributed by atoms with E-state index in [1.807, 2.05) is 49.0 Å². The van der Waals surface area contributed by atoms with Crippen molar-refractivity contribution < 1.29 is 9.53 Å². The van der Waals surface area contributed by atoms with Gasteiger partial charge in [0.15, 0.2) is 0 Å². The van der Waals surface area contributed by atoms with Gasteiger partial charge in [-0.3, -0.25) is 14.7 Å². The standard InChI is InChI=1S/C19H25N3O2/c1-19(2)14-22(10-11-24-19)17(23)13-21(3)12-16-7-4-6-15-8-5-9-20-18(15)16/h4-9H,10-14H2,1-3H3. The normalized spacial score (nSPS) is 17.4. The Morgan fingerprint density at radius 2 is 2.12 bits per heavy atom. The molecule has 2 aromatic rings. The van der Waals surface area contributed by atoms with E-state index >= 15 is 0 Å². The van der Waals surface area contributed by atoms with Gasteiger partial charge in [0.1, 0.15) is 0 Å². The van der Waals surface area contributed by atoms with Gasteiger partial charge in [0.25, 0.3) is 0 Å². The Kier molecular flexibility index (Phi) is 4.83. The number of fused-ring (bicyclic) bond motifs is 1. The van der Waals surface area contributed by atoms with Gasteiger partial charge in [-0.15, -0.1) is 0 Å². The predicted molar refractivity (Wildman–Crippen MR) is 94.7 cm³/mol. The number of carbonyl (C=O) groups is 1. The number of carbonyl (C=O) groups excluding carboxylic acids is 1. The summed E-state index contributed by atoms with van der Waals surface area (Å²) in [5.74, 6) is 0.155. The van der Waals surface area contributed by atoms with Crippen molar-refractivity contribution in [1.29, 1.82) is 0 Å². The second-order valence-corrected chi connectivity index (χ2v) is 7.09. The zero-order valence-electron chi connectivity index (χ0n) is 14.7. The van der Waals surface area contributed by atoms with Gasteiger partial charge in [0.05, 0.1) is 24.3 Å². The molecule has 3 rings (SSSR count). The Labute approximate surface area is 143 Å². The lowest BCUT2D eigenvalue weighted by molar-refractivity contribution is -0.146. The number of amides is 1. The van der Waals surface area contributed by atoms with Crippen LogP contribution in [0.4, 0.5) is 0 Å². The summed E-state index contributed by atoms with van der Waals surface area (Å²) in [6.07, 6.45) is 1.81. The molecule has 2 heterocycles. The van der Waals surface area contributed by atoms with E-state index in [0.717, 1.165) is 16.5 Å². The van der Waals surface area contributed by atoms with E-state index < -0.39 is 0 Å². The number of rotatable bonds is 4. The summed E-state index contributed by atoms with van der Waals surface area (Å²) >= 11 is 0. The first-order chi connectivity index (χ1) is 11.4. The van der Waals surface area contributed by atoms with Gasteiger partial charge < -0.3 is 9.64 Å². The van der Waals surface area contributed by atoms with Crippen LogP contribution in [0.5, 0.6) is 0 Å². The van der Waals surface area contributed by atoms with Crippen LogP contribution >= 0.6 is 0 Å². The molecule has 1 fully saturated rings. The molecule has 0 saturated carbocycles. The number of ether oxygens (including phenoxy) is 1. The minimum Gasteiger partial charge on any atom is -0.372 e. The molecule has 1 aliphatic heterocycles. The topological polar surface area (TPSA) is 45.7 Å². The monoisotopic (exact) mass is 327 g/mol. The number of nitrogens with zero attached hydrogens (tertiary/aromatic N) is 3. The van der Waals surface area contributed by atoms with Crippen LogP contribution in [0.3, 0.4) is 0 Å². The van der Waals surface area contributed by atoms with Gasteiger partial charge >= 0.3 is 0 Å². The zero-order chi connectivity index (χ0) is 17.2. The van der Waals surface area contributed by atoms with E-state index in [2.05, 4.69) is 23.2 Å². The Bertz CT molecular complexity index is 724. The maximum Gasteiger partial charge on any atom is 0.236 e. The molecule has 128 valence electrons. The lowest BCUT2D eigenvalue weighted by Gasteiger charge is -2.38. The first-order valence-electron chi connectivity index (χ1n) is 8.37. The predicted octanol–water partition coefficient (Wildman–Crippen LogP) is 2.30. The molecule has 1 saturated heterocycles. The van der Waals surface area contributed by atoms with E-state index in [4.69, 9.17) is 4.74 Å².